The van der Waals surface area contributed by atoms with E-state index in [4.69, 9.17) is 0 Å². The molecule has 0 atom stereocenters. The molecule has 0 unspecified atom stereocenters. The van der Waals surface area contributed by atoms with E-state index in [-0.39, 0.29) is 42.8 Å². The third-order valence-corrected chi connectivity index (χ3v) is 4.88. The lowest BCUT2D eigenvalue weighted by atomic mass is 10.1. The van der Waals surface area contributed by atoms with Crippen molar-refractivity contribution in [1.29, 1.82) is 0 Å². The quantitative estimate of drug-likeness (QED) is 0.729. The number of benzene rings is 2. The van der Waals surface area contributed by atoms with Crippen LogP contribution in [0.5, 0.6) is 0 Å². The molecule has 0 radical (unpaired) electrons. The average Bonchev–Trinajstić information content (AvgIpc) is 2.74. The van der Waals surface area contributed by atoms with Crippen LogP contribution in [0.25, 0.3) is 0 Å². The second-order valence-electron chi connectivity index (χ2n) is 7.00. The number of hydrogen-bond donors (Lipinski definition) is 1. The van der Waals surface area contributed by atoms with Crippen molar-refractivity contribution in [3.8, 4) is 0 Å². The topological polar surface area (TPSA) is 69.7 Å². The number of carbonyl (C=O) groups is 3. The molecule has 1 saturated heterocycles. The van der Waals surface area contributed by atoms with E-state index in [0.717, 1.165) is 0 Å². The summed E-state index contributed by atoms with van der Waals surface area (Å²) in [7, 11) is 0. The minimum absolute atomic E-state index is 0.0324. The highest BCUT2D eigenvalue weighted by molar-refractivity contribution is 5.98. The van der Waals surface area contributed by atoms with Crippen LogP contribution in [0.15, 0.2) is 54.6 Å². The van der Waals surface area contributed by atoms with Crippen LogP contribution in [-0.4, -0.2) is 60.1 Å². The minimum atomic E-state index is -0.353. The van der Waals surface area contributed by atoms with E-state index < -0.39 is 0 Å². The average molecular weight is 397 g/mol. The van der Waals surface area contributed by atoms with Crippen molar-refractivity contribution >= 4 is 23.3 Å². The fourth-order valence-corrected chi connectivity index (χ4v) is 3.24. The van der Waals surface area contributed by atoms with Crippen molar-refractivity contribution in [2.45, 2.75) is 12.8 Å². The first-order valence-electron chi connectivity index (χ1n) is 9.65. The minimum Gasteiger partial charge on any atom is -0.340 e. The number of rotatable bonds is 7. The highest BCUT2D eigenvalue weighted by atomic mass is 19.1. The number of halogens is 1. The Morgan fingerprint density at radius 1 is 0.862 bits per heavy atom. The summed E-state index contributed by atoms with van der Waals surface area (Å²) in [6.45, 7) is 2.46. The number of anilines is 1. The second kappa shape index (κ2) is 9.93. The predicted molar refractivity (Wildman–Crippen MR) is 108 cm³/mol. The first kappa shape index (κ1) is 20.7. The van der Waals surface area contributed by atoms with E-state index in [1.807, 2.05) is 11.0 Å². The Hall–Kier alpha value is -3.06. The molecule has 1 aliphatic heterocycles. The van der Waals surface area contributed by atoms with E-state index in [9.17, 15) is 18.8 Å². The summed E-state index contributed by atoms with van der Waals surface area (Å²) in [5.41, 5.74) is 1.17. The molecular weight excluding hydrogens is 373 g/mol. The molecule has 1 fully saturated rings. The number of Topliss-reactive ketones (excluding diaryl/α,β-unsaturated/α-hetero) is 1. The summed E-state index contributed by atoms with van der Waals surface area (Å²) in [4.78, 5) is 40.3. The molecule has 0 aromatic heterocycles. The van der Waals surface area contributed by atoms with Crippen molar-refractivity contribution in [1.82, 2.24) is 9.80 Å². The zero-order chi connectivity index (χ0) is 20.6. The summed E-state index contributed by atoms with van der Waals surface area (Å²) in [6.07, 6.45) is 0.391. The van der Waals surface area contributed by atoms with Gasteiger partial charge in [-0.1, -0.05) is 30.3 Å². The van der Waals surface area contributed by atoms with Gasteiger partial charge in [-0.25, -0.2) is 4.39 Å². The van der Waals surface area contributed by atoms with Crippen molar-refractivity contribution in [2.75, 3.05) is 38.0 Å². The van der Waals surface area contributed by atoms with Gasteiger partial charge in [-0.2, -0.15) is 0 Å². The normalized spacial score (nSPS) is 14.4. The molecule has 152 valence electrons. The molecule has 29 heavy (non-hydrogen) atoms. The summed E-state index contributed by atoms with van der Waals surface area (Å²) in [5.74, 6) is -0.598. The molecular formula is C22H24FN3O3. The molecule has 1 aliphatic rings. The lowest BCUT2D eigenvalue weighted by Gasteiger charge is -2.34. The first-order valence-corrected chi connectivity index (χ1v) is 9.65. The van der Waals surface area contributed by atoms with Crippen LogP contribution in [-0.2, 0) is 9.59 Å². The third kappa shape index (κ3) is 6.22. The summed E-state index contributed by atoms with van der Waals surface area (Å²) < 4.78 is 12.9. The first-order chi connectivity index (χ1) is 14.0. The van der Waals surface area contributed by atoms with E-state index in [2.05, 4.69) is 5.32 Å². The SMILES string of the molecule is O=C(CN1CCN(C(=O)CCC(=O)c2ccccc2)CC1)Nc1ccc(F)cc1. The number of amides is 2. The molecule has 3 rings (SSSR count). The van der Waals surface area contributed by atoms with Gasteiger partial charge in [0.15, 0.2) is 5.78 Å². The Balaban J connectivity index is 1.38. The molecule has 0 saturated carbocycles. The molecule has 2 aromatic rings. The van der Waals surface area contributed by atoms with Gasteiger partial charge in [0, 0.05) is 50.3 Å². The fourth-order valence-electron chi connectivity index (χ4n) is 3.24. The van der Waals surface area contributed by atoms with Crippen molar-refractivity contribution in [3.63, 3.8) is 0 Å². The number of nitrogens with zero attached hydrogens (tertiary/aromatic N) is 2. The molecule has 2 aromatic carbocycles. The smallest absolute Gasteiger partial charge is 0.238 e. The van der Waals surface area contributed by atoms with Gasteiger partial charge in [-0.15, -0.1) is 0 Å². The fraction of sp³-hybridized carbons (Fsp3) is 0.318. The summed E-state index contributed by atoms with van der Waals surface area (Å²) >= 11 is 0. The van der Waals surface area contributed by atoms with Gasteiger partial charge >= 0.3 is 0 Å². The zero-order valence-corrected chi connectivity index (χ0v) is 16.1. The molecule has 0 aliphatic carbocycles. The monoisotopic (exact) mass is 397 g/mol. The Bertz CT molecular complexity index is 847. The standard InChI is InChI=1S/C22H24FN3O3/c23-18-6-8-19(9-7-18)24-21(28)16-25-12-14-26(15-13-25)22(29)11-10-20(27)17-4-2-1-3-5-17/h1-9H,10-16H2,(H,24,28). The molecule has 7 heteroatoms. The van der Waals surface area contributed by atoms with Crippen molar-refractivity contribution in [2.24, 2.45) is 0 Å². The van der Waals surface area contributed by atoms with Gasteiger partial charge < -0.3 is 10.2 Å². The van der Waals surface area contributed by atoms with Gasteiger partial charge in [-0.05, 0) is 24.3 Å². The van der Waals surface area contributed by atoms with Crippen LogP contribution in [0.2, 0.25) is 0 Å². The van der Waals surface area contributed by atoms with Crippen LogP contribution in [0.4, 0.5) is 10.1 Å². The summed E-state index contributed by atoms with van der Waals surface area (Å²) in [6, 6.07) is 14.6. The molecule has 6 nitrogen and oxygen atoms in total. The number of hydrogen-bond acceptors (Lipinski definition) is 4. The van der Waals surface area contributed by atoms with Crippen LogP contribution < -0.4 is 5.32 Å². The number of ketones is 1. The Kier molecular flexibility index (Phi) is 7.08. The maximum absolute atomic E-state index is 12.9. The van der Waals surface area contributed by atoms with Crippen LogP contribution in [0.3, 0.4) is 0 Å². The highest BCUT2D eigenvalue weighted by Crippen LogP contribution is 2.11. The predicted octanol–water partition coefficient (Wildman–Crippen LogP) is 2.57. The van der Waals surface area contributed by atoms with Gasteiger partial charge in [0.25, 0.3) is 0 Å². The van der Waals surface area contributed by atoms with Crippen molar-refractivity contribution < 1.29 is 18.8 Å². The zero-order valence-electron chi connectivity index (χ0n) is 16.1. The lowest BCUT2D eigenvalue weighted by Crippen LogP contribution is -2.50. The van der Waals surface area contributed by atoms with Crippen LogP contribution >= 0.6 is 0 Å². The Morgan fingerprint density at radius 3 is 2.17 bits per heavy atom. The second-order valence-corrected chi connectivity index (χ2v) is 7.00. The van der Waals surface area contributed by atoms with Crippen LogP contribution in [0, 0.1) is 5.82 Å². The van der Waals surface area contributed by atoms with Gasteiger partial charge in [0.1, 0.15) is 5.82 Å². The Labute approximate surface area is 169 Å². The molecule has 1 heterocycles. The van der Waals surface area contributed by atoms with E-state index in [0.29, 0.717) is 37.4 Å². The van der Waals surface area contributed by atoms with Gasteiger partial charge in [0.2, 0.25) is 11.8 Å². The van der Waals surface area contributed by atoms with E-state index >= 15 is 0 Å². The molecule has 0 spiro atoms. The molecule has 2 amide bonds. The number of piperazine rings is 1. The third-order valence-electron chi connectivity index (χ3n) is 4.88. The van der Waals surface area contributed by atoms with E-state index in [1.165, 1.54) is 24.3 Å². The summed E-state index contributed by atoms with van der Waals surface area (Å²) in [5, 5.41) is 2.73. The van der Waals surface area contributed by atoms with Gasteiger partial charge in [-0.3, -0.25) is 19.3 Å². The molecule has 0 bridgehead atoms. The highest BCUT2D eigenvalue weighted by Gasteiger charge is 2.23. The number of nitrogens with one attached hydrogen (secondary N) is 1. The largest absolute Gasteiger partial charge is 0.340 e. The maximum Gasteiger partial charge on any atom is 0.238 e. The lowest BCUT2D eigenvalue weighted by molar-refractivity contribution is -0.133. The maximum atomic E-state index is 12.9. The molecule has 1 N–H and O–H groups in total. The Morgan fingerprint density at radius 2 is 1.52 bits per heavy atom. The van der Waals surface area contributed by atoms with E-state index in [1.54, 1.807) is 29.2 Å². The number of carbonyl (C=O) groups excluding carboxylic acids is 3. The van der Waals surface area contributed by atoms with Crippen LogP contribution in [0.1, 0.15) is 23.2 Å². The van der Waals surface area contributed by atoms with Crippen molar-refractivity contribution in [3.05, 3.63) is 66.0 Å². The van der Waals surface area contributed by atoms with Gasteiger partial charge in [0.05, 0.1) is 6.54 Å².